The second-order valence-electron chi connectivity index (χ2n) is 9.60. The van der Waals surface area contributed by atoms with Crippen molar-refractivity contribution in [1.29, 1.82) is 0 Å². The molecule has 0 radical (unpaired) electrons. The van der Waals surface area contributed by atoms with E-state index in [1.807, 2.05) is 17.0 Å². The number of nitrogens with one attached hydrogen (secondary N) is 1. The van der Waals surface area contributed by atoms with E-state index < -0.39 is 10.0 Å². The molecule has 9 heteroatoms. The molecule has 0 bridgehead atoms. The summed E-state index contributed by atoms with van der Waals surface area (Å²) in [5.41, 5.74) is 3.61. The van der Waals surface area contributed by atoms with Crippen molar-refractivity contribution in [3.05, 3.63) is 53.6 Å². The summed E-state index contributed by atoms with van der Waals surface area (Å²) in [5.74, 6) is 1.45. The van der Waals surface area contributed by atoms with E-state index in [0.717, 1.165) is 29.7 Å². The zero-order valence-electron chi connectivity index (χ0n) is 19.0. The Hall–Kier alpha value is -3.33. The van der Waals surface area contributed by atoms with Gasteiger partial charge in [-0.2, -0.15) is 0 Å². The molecule has 1 N–H and O–H groups in total. The number of ether oxygens (including phenoxy) is 1. The van der Waals surface area contributed by atoms with E-state index in [1.54, 1.807) is 18.2 Å². The third kappa shape index (κ3) is 3.21. The van der Waals surface area contributed by atoms with E-state index in [0.29, 0.717) is 31.1 Å². The lowest BCUT2D eigenvalue weighted by Gasteiger charge is -2.26. The van der Waals surface area contributed by atoms with Crippen LogP contribution in [0, 0.1) is 5.92 Å². The maximum absolute atomic E-state index is 13.2. The number of benzene rings is 2. The van der Waals surface area contributed by atoms with Crippen molar-refractivity contribution in [2.75, 3.05) is 23.3 Å². The molecule has 176 valence electrons. The van der Waals surface area contributed by atoms with Crippen LogP contribution in [0.2, 0.25) is 0 Å². The van der Waals surface area contributed by atoms with Gasteiger partial charge in [0.25, 0.3) is 10.0 Å². The van der Waals surface area contributed by atoms with Crippen LogP contribution >= 0.6 is 0 Å². The van der Waals surface area contributed by atoms with Crippen molar-refractivity contribution in [2.45, 2.75) is 42.9 Å². The van der Waals surface area contributed by atoms with Gasteiger partial charge in [-0.15, -0.1) is 0 Å². The number of hydrogen-bond acceptors (Lipinski definition) is 6. The highest BCUT2D eigenvalue weighted by atomic mass is 32.2. The first-order valence-electron chi connectivity index (χ1n) is 11.4. The van der Waals surface area contributed by atoms with Crippen LogP contribution in [0.25, 0.3) is 11.3 Å². The molecule has 2 heterocycles. The fourth-order valence-electron chi connectivity index (χ4n) is 5.30. The third-order valence-electron chi connectivity index (χ3n) is 7.20. The molecule has 1 atom stereocenters. The summed E-state index contributed by atoms with van der Waals surface area (Å²) in [6, 6.07) is 12.6. The minimum Gasteiger partial charge on any atom is -0.495 e. The van der Waals surface area contributed by atoms with Gasteiger partial charge in [-0.05, 0) is 55.0 Å². The molecule has 1 amide bonds. The summed E-state index contributed by atoms with van der Waals surface area (Å²) in [6.45, 7) is 2.76. The maximum atomic E-state index is 13.2. The van der Waals surface area contributed by atoms with E-state index in [1.165, 1.54) is 18.7 Å². The molecule has 6 rings (SSSR count). The monoisotopic (exact) mass is 479 g/mol. The number of hydrogen-bond donors (Lipinski definition) is 1. The SMILES string of the molecule is COc1ccccc1S(=O)(=O)Nc1noc2c1CC1(CC1)c1ccc(N3C[C@H](C)CC3=O)cc1-2. The number of para-hydroxylation sites is 1. The van der Waals surface area contributed by atoms with Crippen molar-refractivity contribution < 1.29 is 22.5 Å². The highest BCUT2D eigenvalue weighted by Crippen LogP contribution is 2.58. The minimum atomic E-state index is -3.94. The van der Waals surface area contributed by atoms with E-state index in [2.05, 4.69) is 22.9 Å². The molecule has 1 spiro atoms. The molecular formula is C25H25N3O5S. The van der Waals surface area contributed by atoms with Gasteiger partial charge in [0.05, 0.1) is 7.11 Å². The maximum Gasteiger partial charge on any atom is 0.266 e. The van der Waals surface area contributed by atoms with Gasteiger partial charge in [0.1, 0.15) is 10.6 Å². The van der Waals surface area contributed by atoms with Crippen molar-refractivity contribution in [3.8, 4) is 17.1 Å². The first kappa shape index (κ1) is 21.2. The van der Waals surface area contributed by atoms with E-state index in [9.17, 15) is 13.2 Å². The zero-order valence-corrected chi connectivity index (χ0v) is 19.8. The van der Waals surface area contributed by atoms with E-state index in [-0.39, 0.29) is 27.8 Å². The average molecular weight is 480 g/mol. The average Bonchev–Trinajstić information content (AvgIpc) is 3.36. The number of rotatable bonds is 5. The summed E-state index contributed by atoms with van der Waals surface area (Å²) in [4.78, 5) is 14.3. The molecule has 34 heavy (non-hydrogen) atoms. The topological polar surface area (TPSA) is 102 Å². The first-order valence-corrected chi connectivity index (χ1v) is 12.9. The molecule has 2 aliphatic carbocycles. The van der Waals surface area contributed by atoms with Gasteiger partial charge in [0.2, 0.25) is 5.91 Å². The number of amides is 1. The summed E-state index contributed by atoms with van der Waals surface area (Å²) in [7, 11) is -2.50. The predicted molar refractivity (Wildman–Crippen MR) is 126 cm³/mol. The number of carbonyl (C=O) groups excluding carboxylic acids is 1. The van der Waals surface area contributed by atoms with Gasteiger partial charge < -0.3 is 14.2 Å². The van der Waals surface area contributed by atoms with Crippen LogP contribution in [-0.4, -0.2) is 33.1 Å². The van der Waals surface area contributed by atoms with Crippen LogP contribution < -0.4 is 14.4 Å². The highest BCUT2D eigenvalue weighted by Gasteiger charge is 2.51. The summed E-state index contributed by atoms with van der Waals surface area (Å²) in [5, 5.41) is 4.12. The third-order valence-corrected chi connectivity index (χ3v) is 8.57. The molecule has 3 aliphatic rings. The van der Waals surface area contributed by atoms with Gasteiger partial charge in [0.15, 0.2) is 11.6 Å². The van der Waals surface area contributed by atoms with Crippen molar-refractivity contribution in [2.24, 2.45) is 5.92 Å². The number of aromatic nitrogens is 1. The second-order valence-corrected chi connectivity index (χ2v) is 11.2. The fourth-order valence-corrected chi connectivity index (χ4v) is 6.50. The number of sulfonamides is 1. The number of carbonyl (C=O) groups is 1. The van der Waals surface area contributed by atoms with Gasteiger partial charge in [0, 0.05) is 35.2 Å². The molecular weight excluding hydrogens is 454 g/mol. The van der Waals surface area contributed by atoms with Crippen molar-refractivity contribution in [1.82, 2.24) is 5.16 Å². The number of anilines is 2. The smallest absolute Gasteiger partial charge is 0.266 e. The van der Waals surface area contributed by atoms with Gasteiger partial charge in [-0.3, -0.25) is 9.52 Å². The Balaban J connectivity index is 1.41. The molecule has 1 saturated heterocycles. The Morgan fingerprint density at radius 2 is 2.00 bits per heavy atom. The Morgan fingerprint density at radius 3 is 2.71 bits per heavy atom. The van der Waals surface area contributed by atoms with Gasteiger partial charge >= 0.3 is 0 Å². The number of fused-ring (bicyclic) bond motifs is 4. The van der Waals surface area contributed by atoms with Crippen LogP contribution in [0.4, 0.5) is 11.5 Å². The predicted octanol–water partition coefficient (Wildman–Crippen LogP) is 4.11. The quantitative estimate of drug-likeness (QED) is 0.591. The van der Waals surface area contributed by atoms with Crippen LogP contribution in [0.15, 0.2) is 51.9 Å². The molecule has 0 unspecified atom stereocenters. The molecule has 1 aromatic heterocycles. The normalized spacial score (nSPS) is 20.2. The standard InChI is InChI=1S/C25H25N3O5S/c1-15-11-22(29)28(14-15)16-7-8-19-17(12-16)23-18(13-25(19)9-10-25)24(26-33-23)27-34(30,31)21-6-4-3-5-20(21)32-2/h3-8,12,15H,9-11,13-14H2,1-2H3,(H,26,27)/t15-/m1/s1. The largest absolute Gasteiger partial charge is 0.495 e. The van der Waals surface area contributed by atoms with Crippen LogP contribution in [0.1, 0.15) is 37.3 Å². The Labute approximate surface area is 197 Å². The highest BCUT2D eigenvalue weighted by molar-refractivity contribution is 7.92. The lowest BCUT2D eigenvalue weighted by atomic mass is 9.79. The van der Waals surface area contributed by atoms with E-state index in [4.69, 9.17) is 9.26 Å². The number of nitrogens with zero attached hydrogens (tertiary/aromatic N) is 2. The molecule has 3 aromatic rings. The minimum absolute atomic E-state index is 0.0375. The van der Waals surface area contributed by atoms with E-state index >= 15 is 0 Å². The Bertz CT molecular complexity index is 1420. The van der Waals surface area contributed by atoms with Crippen LogP contribution in [0.3, 0.4) is 0 Å². The van der Waals surface area contributed by atoms with Crippen molar-refractivity contribution >= 4 is 27.4 Å². The Morgan fingerprint density at radius 1 is 1.21 bits per heavy atom. The Kier molecular flexibility index (Phi) is 4.58. The summed E-state index contributed by atoms with van der Waals surface area (Å²) in [6.07, 6.45) is 3.23. The van der Waals surface area contributed by atoms with Gasteiger partial charge in [-0.25, -0.2) is 8.42 Å². The van der Waals surface area contributed by atoms with Crippen LogP contribution in [-0.2, 0) is 26.7 Å². The molecule has 8 nitrogen and oxygen atoms in total. The molecule has 2 fully saturated rings. The van der Waals surface area contributed by atoms with Crippen LogP contribution in [0.5, 0.6) is 5.75 Å². The van der Waals surface area contributed by atoms with Crippen molar-refractivity contribution in [3.63, 3.8) is 0 Å². The molecule has 2 aromatic carbocycles. The molecule has 1 aliphatic heterocycles. The summed E-state index contributed by atoms with van der Waals surface area (Å²) >= 11 is 0. The zero-order chi connectivity index (χ0) is 23.7. The summed E-state index contributed by atoms with van der Waals surface area (Å²) < 4.78 is 39.9. The number of methoxy groups -OCH3 is 1. The fraction of sp³-hybridized carbons (Fsp3) is 0.360. The first-order chi connectivity index (χ1) is 16.3. The lowest BCUT2D eigenvalue weighted by Crippen LogP contribution is -2.25. The van der Waals surface area contributed by atoms with Gasteiger partial charge in [-0.1, -0.05) is 30.3 Å². The molecule has 1 saturated carbocycles. The lowest BCUT2D eigenvalue weighted by molar-refractivity contribution is -0.117. The second kappa shape index (κ2) is 7.33.